The van der Waals surface area contributed by atoms with Gasteiger partial charge in [-0.2, -0.15) is 0 Å². The number of phenolic OH excluding ortho intramolecular Hbond substituents is 1. The average molecular weight is 603 g/mol. The van der Waals surface area contributed by atoms with Crippen LogP contribution in [0, 0.1) is 31.6 Å². The maximum Gasteiger partial charge on any atom is 0.234 e. The summed E-state index contributed by atoms with van der Waals surface area (Å²) in [5.74, 6) is -2.24. The van der Waals surface area contributed by atoms with E-state index < -0.39 is 23.9 Å². The number of piperidine rings is 1. The van der Waals surface area contributed by atoms with E-state index in [1.54, 1.807) is 0 Å². The summed E-state index contributed by atoms with van der Waals surface area (Å²) in [4.78, 5) is 31.4. The number of aliphatic hydroxyl groups excluding tert-OH is 3. The Morgan fingerprint density at radius 1 is 1.02 bits per heavy atom. The highest BCUT2D eigenvalue weighted by Crippen LogP contribution is 2.47. The summed E-state index contributed by atoms with van der Waals surface area (Å²) in [6.45, 7) is 7.41. The number of hydrogen-bond acceptors (Lipinski definition) is 7. The van der Waals surface area contributed by atoms with E-state index in [0.29, 0.717) is 36.8 Å². The van der Waals surface area contributed by atoms with Gasteiger partial charge in [0.25, 0.3) is 0 Å². The zero-order chi connectivity index (χ0) is 31.5. The van der Waals surface area contributed by atoms with Crippen molar-refractivity contribution < 1.29 is 30.0 Å². The molecule has 2 aromatic rings. The topological polar surface area (TPSA) is 122 Å². The Balaban J connectivity index is 1.26. The van der Waals surface area contributed by atoms with Crippen molar-refractivity contribution in [3.05, 3.63) is 81.4 Å². The van der Waals surface area contributed by atoms with E-state index in [0.717, 1.165) is 41.9 Å². The van der Waals surface area contributed by atoms with Crippen LogP contribution >= 0.6 is 0 Å². The molecule has 2 aromatic carbocycles. The molecule has 4 atom stereocenters. The largest absolute Gasteiger partial charge is 0.507 e. The number of hydrogen-bond donors (Lipinski definition) is 4. The summed E-state index contributed by atoms with van der Waals surface area (Å²) >= 11 is 0. The first-order valence-electron chi connectivity index (χ1n) is 15.8. The summed E-state index contributed by atoms with van der Waals surface area (Å²) in [7, 11) is 0. The van der Waals surface area contributed by atoms with Gasteiger partial charge in [0.2, 0.25) is 11.8 Å². The van der Waals surface area contributed by atoms with Gasteiger partial charge < -0.3 is 20.4 Å². The second kappa shape index (κ2) is 13.8. The highest BCUT2D eigenvalue weighted by Gasteiger charge is 2.56. The SMILES string of the molecule is C/C(=C\c1cc(C)c(O)c(C)c1)CC[C@@H](O)C1=C(CO)C[C@H]2C(=O)N(C3CCN(Cc4ccccc4)CC3)C(=O)[C@H]2[C@H]1CO. The third-order valence-electron chi connectivity index (χ3n) is 9.87. The molecule has 8 nitrogen and oxygen atoms in total. The number of likely N-dealkylation sites (tertiary alicyclic amines) is 2. The number of imide groups is 1. The summed E-state index contributed by atoms with van der Waals surface area (Å²) in [6, 6.07) is 13.9. The van der Waals surface area contributed by atoms with Gasteiger partial charge in [-0.1, -0.05) is 42.0 Å². The second-order valence-corrected chi connectivity index (χ2v) is 12.9. The first-order chi connectivity index (χ1) is 21.1. The van der Waals surface area contributed by atoms with Crippen LogP contribution in [0.3, 0.4) is 0 Å². The minimum atomic E-state index is -0.958. The smallest absolute Gasteiger partial charge is 0.234 e. The first-order valence-corrected chi connectivity index (χ1v) is 15.8. The number of carbonyl (C=O) groups excluding carboxylic acids is 2. The van der Waals surface area contributed by atoms with Crippen LogP contribution in [0.5, 0.6) is 5.75 Å². The van der Waals surface area contributed by atoms with Crippen molar-refractivity contribution in [2.75, 3.05) is 26.3 Å². The molecule has 5 rings (SSSR count). The monoisotopic (exact) mass is 602 g/mol. The van der Waals surface area contributed by atoms with Gasteiger partial charge in [0.05, 0.1) is 31.2 Å². The quantitative estimate of drug-likeness (QED) is 0.239. The molecule has 3 aliphatic rings. The van der Waals surface area contributed by atoms with Gasteiger partial charge in [-0.15, -0.1) is 0 Å². The Labute approximate surface area is 260 Å². The van der Waals surface area contributed by atoms with Gasteiger partial charge in [0.1, 0.15) is 5.75 Å². The van der Waals surface area contributed by atoms with E-state index in [1.165, 1.54) is 10.5 Å². The lowest BCUT2D eigenvalue weighted by Gasteiger charge is -2.36. The highest BCUT2D eigenvalue weighted by molar-refractivity contribution is 6.06. The number of amides is 2. The Bertz CT molecular complexity index is 1400. The molecule has 2 fully saturated rings. The molecule has 2 amide bonds. The molecular weight excluding hydrogens is 556 g/mol. The molecule has 0 spiro atoms. The number of rotatable bonds is 10. The molecule has 1 aliphatic carbocycles. The zero-order valence-corrected chi connectivity index (χ0v) is 26.1. The molecule has 0 aromatic heterocycles. The number of aliphatic hydroxyl groups is 3. The molecule has 4 N–H and O–H groups in total. The first kappa shape index (κ1) is 32.1. The fourth-order valence-electron chi connectivity index (χ4n) is 7.62. The Morgan fingerprint density at radius 2 is 1.68 bits per heavy atom. The lowest BCUT2D eigenvalue weighted by molar-refractivity contribution is -0.144. The van der Waals surface area contributed by atoms with Crippen molar-refractivity contribution in [3.63, 3.8) is 0 Å². The van der Waals surface area contributed by atoms with Gasteiger partial charge in [-0.05, 0) is 98.4 Å². The van der Waals surface area contributed by atoms with E-state index in [1.807, 2.05) is 57.2 Å². The van der Waals surface area contributed by atoms with Crippen LogP contribution in [-0.2, 0) is 16.1 Å². The molecule has 0 saturated carbocycles. The fourth-order valence-corrected chi connectivity index (χ4v) is 7.62. The Kier molecular flexibility index (Phi) is 10.1. The number of carbonyl (C=O) groups is 2. The number of nitrogens with zero attached hydrogens (tertiary/aromatic N) is 2. The van der Waals surface area contributed by atoms with Gasteiger partial charge in [-0.3, -0.25) is 19.4 Å². The molecule has 44 heavy (non-hydrogen) atoms. The third-order valence-corrected chi connectivity index (χ3v) is 9.87. The van der Waals surface area contributed by atoms with Crippen molar-refractivity contribution in [2.45, 2.75) is 71.6 Å². The standard InChI is InChI=1S/C36H46N2O6/c1-22(15-26-16-23(2)34(42)24(3)17-26)9-10-31(41)32-27(20-39)18-29-33(30(32)21-40)36(44)38(35(29)43)28-11-13-37(14-12-28)19-25-7-5-4-6-8-25/h4-8,15-17,28-31,33,39-42H,9-14,18-21H2,1-3H3/b22-15+/t29-,30+,31-,33-/m1/s1. The number of phenols is 1. The predicted octanol–water partition coefficient (Wildman–Crippen LogP) is 4.12. The fraction of sp³-hybridized carbons (Fsp3) is 0.500. The van der Waals surface area contributed by atoms with E-state index in [4.69, 9.17) is 0 Å². The molecule has 2 aliphatic heterocycles. The van der Waals surface area contributed by atoms with Crippen molar-refractivity contribution in [3.8, 4) is 5.75 Å². The van der Waals surface area contributed by atoms with Crippen LogP contribution in [0.15, 0.2) is 59.2 Å². The third kappa shape index (κ3) is 6.54. The van der Waals surface area contributed by atoms with E-state index in [9.17, 15) is 30.0 Å². The highest BCUT2D eigenvalue weighted by atomic mass is 16.3. The Morgan fingerprint density at radius 3 is 2.30 bits per heavy atom. The molecule has 8 heteroatoms. The second-order valence-electron chi connectivity index (χ2n) is 12.9. The molecule has 0 bridgehead atoms. The van der Waals surface area contributed by atoms with Crippen molar-refractivity contribution in [1.29, 1.82) is 0 Å². The summed E-state index contributed by atoms with van der Waals surface area (Å²) in [6.07, 6.45) is 3.62. The van der Waals surface area contributed by atoms with E-state index in [-0.39, 0.29) is 43.2 Å². The van der Waals surface area contributed by atoms with Crippen LogP contribution in [0.4, 0.5) is 0 Å². The minimum Gasteiger partial charge on any atom is -0.507 e. The maximum atomic E-state index is 13.9. The number of benzene rings is 2. The lowest BCUT2D eigenvalue weighted by atomic mass is 9.68. The maximum absolute atomic E-state index is 13.9. The van der Waals surface area contributed by atoms with Gasteiger partial charge >= 0.3 is 0 Å². The van der Waals surface area contributed by atoms with Gasteiger partial charge in [-0.25, -0.2) is 0 Å². The Hall–Kier alpha value is -3.30. The van der Waals surface area contributed by atoms with E-state index >= 15 is 0 Å². The molecule has 2 saturated heterocycles. The van der Waals surface area contributed by atoms with E-state index in [2.05, 4.69) is 17.0 Å². The molecule has 0 radical (unpaired) electrons. The molecule has 2 heterocycles. The summed E-state index contributed by atoms with van der Waals surface area (Å²) in [5, 5.41) is 42.3. The van der Waals surface area contributed by atoms with Gasteiger partial charge in [0, 0.05) is 31.6 Å². The van der Waals surface area contributed by atoms with Crippen molar-refractivity contribution in [2.24, 2.45) is 17.8 Å². The van der Waals surface area contributed by atoms with Crippen LogP contribution < -0.4 is 0 Å². The summed E-state index contributed by atoms with van der Waals surface area (Å²) in [5.41, 5.74) is 5.91. The number of aromatic hydroxyl groups is 1. The lowest BCUT2D eigenvalue weighted by Crippen LogP contribution is -2.47. The normalized spacial score (nSPS) is 24.3. The molecule has 0 unspecified atom stereocenters. The van der Waals surface area contributed by atoms with Crippen molar-refractivity contribution in [1.82, 2.24) is 9.80 Å². The zero-order valence-electron chi connectivity index (χ0n) is 26.1. The van der Waals surface area contributed by atoms with Crippen LogP contribution in [0.1, 0.15) is 61.3 Å². The number of aryl methyl sites for hydroxylation is 2. The van der Waals surface area contributed by atoms with Gasteiger partial charge in [0.15, 0.2) is 0 Å². The summed E-state index contributed by atoms with van der Waals surface area (Å²) < 4.78 is 0. The van der Waals surface area contributed by atoms with Crippen LogP contribution in [-0.4, -0.2) is 80.5 Å². The van der Waals surface area contributed by atoms with Crippen molar-refractivity contribution >= 4 is 17.9 Å². The number of allylic oxidation sites excluding steroid dienone is 1. The van der Waals surface area contributed by atoms with Crippen LogP contribution in [0.25, 0.3) is 6.08 Å². The minimum absolute atomic E-state index is 0.183. The predicted molar refractivity (Wildman–Crippen MR) is 169 cm³/mol. The average Bonchev–Trinajstić information content (AvgIpc) is 3.27. The number of fused-ring (bicyclic) bond motifs is 1. The molecular formula is C36H46N2O6. The molecule has 236 valence electrons. The van der Waals surface area contributed by atoms with Crippen LogP contribution in [0.2, 0.25) is 0 Å².